The molecule has 1 saturated heterocycles. The summed E-state index contributed by atoms with van der Waals surface area (Å²) in [5, 5.41) is 13.4. The quantitative estimate of drug-likeness (QED) is 0.468. The minimum absolute atomic E-state index is 0.404. The summed E-state index contributed by atoms with van der Waals surface area (Å²) in [5.41, 5.74) is 5.10. The Balaban J connectivity index is 1.71. The van der Waals surface area contributed by atoms with Gasteiger partial charge in [0, 0.05) is 19.6 Å². The Hall–Kier alpha value is -0.810. The van der Waals surface area contributed by atoms with Gasteiger partial charge in [-0.2, -0.15) is 0 Å². The highest BCUT2D eigenvalue weighted by Crippen LogP contribution is 2.25. The minimum atomic E-state index is -0.683. The van der Waals surface area contributed by atoms with E-state index >= 15 is 0 Å². The molecule has 4 N–H and O–H groups in total. The number of rotatable bonds is 4. The predicted molar refractivity (Wildman–Crippen MR) is 68.9 cm³/mol. The van der Waals surface area contributed by atoms with E-state index in [1.54, 1.807) is 0 Å². The monoisotopic (exact) mass is 240 g/mol. The van der Waals surface area contributed by atoms with Crippen LogP contribution in [0.4, 0.5) is 0 Å². The number of likely N-dealkylation sites (N-methyl/N-ethyl adjacent to an activating group) is 1. The highest BCUT2D eigenvalue weighted by atomic mass is 16.3. The van der Waals surface area contributed by atoms with Crippen LogP contribution < -0.4 is 11.1 Å². The topological polar surface area (TPSA) is 73.9 Å². The Bertz CT molecular complexity index is 290. The van der Waals surface area contributed by atoms with Crippen LogP contribution in [0.25, 0.3) is 0 Å². The van der Waals surface area contributed by atoms with E-state index in [2.05, 4.69) is 15.2 Å². The highest BCUT2D eigenvalue weighted by Gasteiger charge is 2.34. The van der Waals surface area contributed by atoms with Crippen LogP contribution in [-0.4, -0.2) is 54.8 Å². The third kappa shape index (κ3) is 3.57. The number of likely N-dealkylation sites (tertiary alicyclic amines) is 1. The third-order valence-corrected chi connectivity index (χ3v) is 3.86. The fourth-order valence-electron chi connectivity index (χ4n) is 2.42. The van der Waals surface area contributed by atoms with Crippen molar-refractivity contribution in [2.24, 2.45) is 16.6 Å². The largest absolute Gasteiger partial charge is 0.387 e. The van der Waals surface area contributed by atoms with Gasteiger partial charge in [0.1, 0.15) is 0 Å². The average Bonchev–Trinajstić information content (AvgIpc) is 2.54. The number of β-amino-alcohol motifs (C(OH)–C–C–N with tert-alkyl or cyclic N) is 1. The lowest BCUT2D eigenvalue weighted by Gasteiger charge is -2.26. The van der Waals surface area contributed by atoms with Crippen molar-refractivity contribution in [3.8, 4) is 0 Å². The standard InChI is InChI=1S/C12H24N4O/c1-16-6-5-12(17,9-16)8-15-11(13)14-7-10-3-2-4-10/h10,17H,2-9H2,1H3,(H3,13,14,15). The van der Waals surface area contributed by atoms with E-state index in [1.165, 1.54) is 19.3 Å². The summed E-state index contributed by atoms with van der Waals surface area (Å²) >= 11 is 0. The van der Waals surface area contributed by atoms with Gasteiger partial charge >= 0.3 is 0 Å². The number of aliphatic imine (C=N–C) groups is 1. The summed E-state index contributed by atoms with van der Waals surface area (Å²) in [6, 6.07) is 0. The van der Waals surface area contributed by atoms with Crippen molar-refractivity contribution in [1.82, 2.24) is 10.2 Å². The average molecular weight is 240 g/mol. The zero-order valence-electron chi connectivity index (χ0n) is 10.7. The molecule has 17 heavy (non-hydrogen) atoms. The molecule has 0 aromatic carbocycles. The Kier molecular flexibility index (Phi) is 3.89. The first-order valence-corrected chi connectivity index (χ1v) is 6.52. The van der Waals surface area contributed by atoms with Crippen LogP contribution in [-0.2, 0) is 0 Å². The normalized spacial score (nSPS) is 31.5. The summed E-state index contributed by atoms with van der Waals surface area (Å²) in [6.45, 7) is 2.95. The van der Waals surface area contributed by atoms with E-state index < -0.39 is 5.60 Å². The van der Waals surface area contributed by atoms with E-state index in [9.17, 15) is 5.11 Å². The van der Waals surface area contributed by atoms with Crippen molar-refractivity contribution in [2.45, 2.75) is 31.3 Å². The van der Waals surface area contributed by atoms with Crippen molar-refractivity contribution in [1.29, 1.82) is 0 Å². The van der Waals surface area contributed by atoms with Gasteiger partial charge in [0.05, 0.1) is 12.1 Å². The number of nitrogens with one attached hydrogen (secondary N) is 1. The van der Waals surface area contributed by atoms with Crippen LogP contribution in [0.1, 0.15) is 25.7 Å². The van der Waals surface area contributed by atoms with Crippen molar-refractivity contribution in [2.75, 3.05) is 33.2 Å². The third-order valence-electron chi connectivity index (χ3n) is 3.86. The van der Waals surface area contributed by atoms with Crippen molar-refractivity contribution < 1.29 is 5.11 Å². The summed E-state index contributed by atoms with van der Waals surface area (Å²) in [6.07, 6.45) is 4.72. The second kappa shape index (κ2) is 5.23. The fourth-order valence-corrected chi connectivity index (χ4v) is 2.42. The van der Waals surface area contributed by atoms with E-state index in [1.807, 2.05) is 7.05 Å². The Morgan fingerprint density at radius 1 is 1.59 bits per heavy atom. The molecule has 5 heteroatoms. The van der Waals surface area contributed by atoms with Gasteiger partial charge in [0.25, 0.3) is 0 Å². The molecule has 1 aliphatic carbocycles. The molecular weight excluding hydrogens is 216 g/mol. The zero-order valence-corrected chi connectivity index (χ0v) is 10.7. The number of hydrogen-bond acceptors (Lipinski definition) is 3. The second-order valence-corrected chi connectivity index (χ2v) is 5.59. The smallest absolute Gasteiger partial charge is 0.188 e. The minimum Gasteiger partial charge on any atom is -0.387 e. The lowest BCUT2D eigenvalue weighted by atomic mass is 9.85. The molecule has 98 valence electrons. The Morgan fingerprint density at radius 3 is 2.88 bits per heavy atom. The first-order valence-electron chi connectivity index (χ1n) is 6.52. The molecule has 2 aliphatic rings. The van der Waals surface area contributed by atoms with E-state index in [4.69, 9.17) is 5.73 Å². The molecule has 0 amide bonds. The van der Waals surface area contributed by atoms with Gasteiger partial charge in [0.15, 0.2) is 5.96 Å². The maximum Gasteiger partial charge on any atom is 0.188 e. The number of nitrogens with zero attached hydrogens (tertiary/aromatic N) is 2. The molecule has 1 heterocycles. The number of aliphatic hydroxyl groups is 1. The Morgan fingerprint density at radius 2 is 2.35 bits per heavy atom. The molecule has 1 unspecified atom stereocenters. The van der Waals surface area contributed by atoms with E-state index in [-0.39, 0.29) is 0 Å². The number of nitrogens with two attached hydrogens (primary N) is 1. The molecule has 0 radical (unpaired) electrons. The van der Waals surface area contributed by atoms with Crippen LogP contribution in [0, 0.1) is 5.92 Å². The summed E-state index contributed by atoms with van der Waals surface area (Å²) in [5.74, 6) is 1.24. The lowest BCUT2D eigenvalue weighted by Crippen LogP contribution is -2.40. The molecule has 0 aromatic rings. The van der Waals surface area contributed by atoms with Gasteiger partial charge in [-0.15, -0.1) is 0 Å². The summed E-state index contributed by atoms with van der Waals surface area (Å²) in [7, 11) is 2.01. The SMILES string of the molecule is CN1CCC(O)(CN=C(N)NCC2CCC2)C1. The molecule has 1 atom stereocenters. The molecule has 0 bridgehead atoms. The number of guanidine groups is 1. The van der Waals surface area contributed by atoms with E-state index in [0.717, 1.165) is 25.4 Å². The lowest BCUT2D eigenvalue weighted by molar-refractivity contribution is 0.0614. The van der Waals surface area contributed by atoms with Gasteiger partial charge < -0.3 is 21.1 Å². The van der Waals surface area contributed by atoms with E-state index in [0.29, 0.717) is 19.0 Å². The van der Waals surface area contributed by atoms with Crippen LogP contribution >= 0.6 is 0 Å². The maximum atomic E-state index is 10.2. The summed E-state index contributed by atoms with van der Waals surface area (Å²) in [4.78, 5) is 6.37. The molecule has 0 aromatic heterocycles. The molecule has 5 nitrogen and oxygen atoms in total. The molecule has 1 saturated carbocycles. The molecule has 1 aliphatic heterocycles. The van der Waals surface area contributed by atoms with Gasteiger partial charge in [-0.3, -0.25) is 4.99 Å². The number of hydrogen-bond donors (Lipinski definition) is 3. The first-order chi connectivity index (χ1) is 8.07. The fraction of sp³-hybridized carbons (Fsp3) is 0.917. The van der Waals surface area contributed by atoms with Gasteiger partial charge in [-0.25, -0.2) is 0 Å². The second-order valence-electron chi connectivity index (χ2n) is 5.59. The van der Waals surface area contributed by atoms with Crippen molar-refractivity contribution >= 4 is 5.96 Å². The van der Waals surface area contributed by atoms with Crippen molar-refractivity contribution in [3.63, 3.8) is 0 Å². The highest BCUT2D eigenvalue weighted by molar-refractivity contribution is 5.77. The van der Waals surface area contributed by atoms with Gasteiger partial charge in [-0.1, -0.05) is 6.42 Å². The first kappa shape index (κ1) is 12.6. The maximum absolute atomic E-state index is 10.2. The van der Waals surface area contributed by atoms with Crippen LogP contribution in [0.5, 0.6) is 0 Å². The molecule has 0 spiro atoms. The Labute approximate surface area is 103 Å². The molecule has 2 fully saturated rings. The van der Waals surface area contributed by atoms with Crippen molar-refractivity contribution in [3.05, 3.63) is 0 Å². The zero-order chi connectivity index (χ0) is 12.3. The van der Waals surface area contributed by atoms with Gasteiger partial charge in [0.2, 0.25) is 0 Å². The van der Waals surface area contributed by atoms with Crippen LogP contribution in [0.3, 0.4) is 0 Å². The van der Waals surface area contributed by atoms with Crippen LogP contribution in [0.2, 0.25) is 0 Å². The molecule has 2 rings (SSSR count). The molecular formula is C12H24N4O. The predicted octanol–water partition coefficient (Wildman–Crippen LogP) is -0.243. The summed E-state index contributed by atoms with van der Waals surface area (Å²) < 4.78 is 0. The van der Waals surface area contributed by atoms with Crippen LogP contribution in [0.15, 0.2) is 4.99 Å². The van der Waals surface area contributed by atoms with Gasteiger partial charge in [-0.05, 0) is 32.2 Å².